The summed E-state index contributed by atoms with van der Waals surface area (Å²) in [4.78, 5) is 10.7. The van der Waals surface area contributed by atoms with E-state index in [0.717, 1.165) is 12.1 Å². The normalized spacial score (nSPS) is 21.0. The number of hydrogen-bond donors (Lipinski definition) is 1. The van der Waals surface area contributed by atoms with Gasteiger partial charge in [-0.3, -0.25) is 10.1 Å². The van der Waals surface area contributed by atoms with Crippen LogP contribution in [0.15, 0.2) is 24.3 Å². The summed E-state index contributed by atoms with van der Waals surface area (Å²) < 4.78 is 0. The fourth-order valence-corrected chi connectivity index (χ4v) is 3.66. The molecule has 5 heteroatoms. The molecular formula is C14H20N2O2S. The number of nitro benzene ring substituents is 1. The first-order valence-electron chi connectivity index (χ1n) is 6.77. The van der Waals surface area contributed by atoms with Gasteiger partial charge in [-0.05, 0) is 25.5 Å². The molecule has 0 aliphatic carbocycles. The fourth-order valence-electron chi connectivity index (χ4n) is 2.41. The van der Waals surface area contributed by atoms with Gasteiger partial charge < -0.3 is 5.32 Å². The lowest BCUT2D eigenvalue weighted by Gasteiger charge is -2.23. The summed E-state index contributed by atoms with van der Waals surface area (Å²) >= 11 is 2.01. The second kappa shape index (κ2) is 6.91. The first kappa shape index (κ1) is 14.3. The van der Waals surface area contributed by atoms with E-state index in [1.807, 2.05) is 30.8 Å². The van der Waals surface area contributed by atoms with Crippen molar-refractivity contribution in [2.24, 2.45) is 0 Å². The zero-order valence-corrected chi connectivity index (χ0v) is 12.0. The summed E-state index contributed by atoms with van der Waals surface area (Å²) in [7, 11) is 0. The van der Waals surface area contributed by atoms with Crippen LogP contribution < -0.4 is 5.32 Å². The van der Waals surface area contributed by atoms with Crippen molar-refractivity contribution in [3.63, 3.8) is 0 Å². The topological polar surface area (TPSA) is 55.2 Å². The summed E-state index contributed by atoms with van der Waals surface area (Å²) in [6, 6.07) is 7.00. The molecule has 1 saturated heterocycles. The van der Waals surface area contributed by atoms with Crippen LogP contribution in [0.2, 0.25) is 0 Å². The van der Waals surface area contributed by atoms with Crippen molar-refractivity contribution >= 4 is 17.4 Å². The van der Waals surface area contributed by atoms with Crippen LogP contribution in [0.1, 0.15) is 37.8 Å². The Balaban J connectivity index is 1.95. The van der Waals surface area contributed by atoms with Crippen molar-refractivity contribution < 1.29 is 4.92 Å². The Morgan fingerprint density at radius 1 is 1.47 bits per heavy atom. The molecule has 0 amide bonds. The maximum absolute atomic E-state index is 11.0. The Morgan fingerprint density at radius 2 is 2.26 bits per heavy atom. The van der Waals surface area contributed by atoms with E-state index in [4.69, 9.17) is 0 Å². The third-order valence-corrected chi connectivity index (χ3v) is 4.92. The molecule has 2 unspecified atom stereocenters. The maximum atomic E-state index is 11.0. The molecule has 1 aromatic rings. The predicted octanol–water partition coefficient (Wildman–Crippen LogP) is 3.53. The number of hydrogen-bond acceptors (Lipinski definition) is 4. The summed E-state index contributed by atoms with van der Waals surface area (Å²) in [6.07, 6.45) is 3.88. The zero-order chi connectivity index (χ0) is 13.7. The van der Waals surface area contributed by atoms with E-state index in [1.165, 1.54) is 25.0 Å². The monoisotopic (exact) mass is 280 g/mol. The smallest absolute Gasteiger partial charge is 0.274 e. The van der Waals surface area contributed by atoms with Crippen LogP contribution >= 0.6 is 11.8 Å². The lowest BCUT2D eigenvalue weighted by Crippen LogP contribution is -2.29. The van der Waals surface area contributed by atoms with E-state index in [9.17, 15) is 10.1 Å². The van der Waals surface area contributed by atoms with Gasteiger partial charge >= 0.3 is 0 Å². The Morgan fingerprint density at radius 3 is 2.95 bits per heavy atom. The molecule has 19 heavy (non-hydrogen) atoms. The Hall–Kier alpha value is -1.07. The lowest BCUT2D eigenvalue weighted by molar-refractivity contribution is -0.385. The first-order valence-corrected chi connectivity index (χ1v) is 7.81. The number of nitrogens with one attached hydrogen (secondary N) is 1. The van der Waals surface area contributed by atoms with Gasteiger partial charge in [0.05, 0.1) is 4.92 Å². The molecule has 4 nitrogen and oxygen atoms in total. The average Bonchev–Trinajstić information content (AvgIpc) is 2.46. The first-order chi connectivity index (χ1) is 9.18. The van der Waals surface area contributed by atoms with Gasteiger partial charge in [0.25, 0.3) is 5.69 Å². The van der Waals surface area contributed by atoms with Gasteiger partial charge in [0, 0.05) is 29.5 Å². The van der Waals surface area contributed by atoms with Crippen LogP contribution in [0.3, 0.4) is 0 Å². The molecule has 1 aromatic carbocycles. The summed E-state index contributed by atoms with van der Waals surface area (Å²) in [5.74, 6) is 1.24. The average molecular weight is 280 g/mol. The molecule has 0 saturated carbocycles. The van der Waals surface area contributed by atoms with Crippen LogP contribution in [0.4, 0.5) is 5.69 Å². The van der Waals surface area contributed by atoms with Gasteiger partial charge in [-0.25, -0.2) is 0 Å². The number of rotatable bonds is 5. The molecule has 104 valence electrons. The van der Waals surface area contributed by atoms with Crippen LogP contribution in [0, 0.1) is 10.1 Å². The molecular weight excluding hydrogens is 260 g/mol. The van der Waals surface area contributed by atoms with Gasteiger partial charge in [0.1, 0.15) is 0 Å². The second-order valence-corrected chi connectivity index (χ2v) is 6.34. The van der Waals surface area contributed by atoms with Gasteiger partial charge in [-0.15, -0.1) is 0 Å². The molecule has 0 spiro atoms. The molecule has 0 radical (unpaired) electrons. The second-order valence-electron chi connectivity index (χ2n) is 4.93. The summed E-state index contributed by atoms with van der Waals surface area (Å²) in [5, 5.41) is 15.1. The SMILES string of the molecule is CC(NCC1CCCCS1)c1ccccc1[N+](=O)[O-]. The van der Waals surface area contributed by atoms with E-state index < -0.39 is 0 Å². The van der Waals surface area contributed by atoms with E-state index in [0.29, 0.717) is 5.25 Å². The van der Waals surface area contributed by atoms with Crippen molar-refractivity contribution in [3.05, 3.63) is 39.9 Å². The third kappa shape index (κ3) is 3.94. The number of nitro groups is 1. The number of para-hydroxylation sites is 1. The van der Waals surface area contributed by atoms with Crippen molar-refractivity contribution in [2.75, 3.05) is 12.3 Å². The highest BCUT2D eigenvalue weighted by Crippen LogP contribution is 2.27. The van der Waals surface area contributed by atoms with Crippen molar-refractivity contribution in [3.8, 4) is 0 Å². The van der Waals surface area contributed by atoms with E-state index in [-0.39, 0.29) is 16.7 Å². The molecule has 0 aromatic heterocycles. The number of nitrogens with zero attached hydrogens (tertiary/aromatic N) is 1. The minimum Gasteiger partial charge on any atom is -0.309 e. The van der Waals surface area contributed by atoms with E-state index in [1.54, 1.807) is 12.1 Å². The summed E-state index contributed by atoms with van der Waals surface area (Å²) in [5.41, 5.74) is 0.979. The van der Waals surface area contributed by atoms with Crippen molar-refractivity contribution in [1.29, 1.82) is 0 Å². The van der Waals surface area contributed by atoms with Crippen molar-refractivity contribution in [1.82, 2.24) is 5.32 Å². The minimum atomic E-state index is -0.303. The van der Waals surface area contributed by atoms with Gasteiger partial charge in [-0.2, -0.15) is 11.8 Å². The molecule has 1 aliphatic rings. The lowest BCUT2D eigenvalue weighted by atomic mass is 10.1. The highest BCUT2D eigenvalue weighted by atomic mass is 32.2. The number of thioether (sulfide) groups is 1. The van der Waals surface area contributed by atoms with E-state index >= 15 is 0 Å². The highest BCUT2D eigenvalue weighted by molar-refractivity contribution is 7.99. The Bertz CT molecular complexity index is 433. The zero-order valence-electron chi connectivity index (χ0n) is 11.2. The third-order valence-electron chi connectivity index (χ3n) is 3.53. The highest BCUT2D eigenvalue weighted by Gasteiger charge is 2.19. The Kier molecular flexibility index (Phi) is 5.22. The van der Waals surface area contributed by atoms with Crippen LogP contribution in [0.5, 0.6) is 0 Å². The quantitative estimate of drug-likeness (QED) is 0.662. The van der Waals surface area contributed by atoms with Gasteiger partial charge in [-0.1, -0.05) is 24.6 Å². The molecule has 1 N–H and O–H groups in total. The molecule has 1 heterocycles. The minimum absolute atomic E-state index is 0.0177. The van der Waals surface area contributed by atoms with Crippen molar-refractivity contribution in [2.45, 2.75) is 37.5 Å². The van der Waals surface area contributed by atoms with E-state index in [2.05, 4.69) is 5.32 Å². The largest absolute Gasteiger partial charge is 0.309 e. The van der Waals surface area contributed by atoms with Gasteiger partial charge in [0.2, 0.25) is 0 Å². The summed E-state index contributed by atoms with van der Waals surface area (Å²) in [6.45, 7) is 2.92. The molecule has 1 aliphatic heterocycles. The maximum Gasteiger partial charge on any atom is 0.274 e. The fraction of sp³-hybridized carbons (Fsp3) is 0.571. The standard InChI is InChI=1S/C14H20N2O2S/c1-11(15-10-12-6-4-5-9-19-12)13-7-2-3-8-14(13)16(17)18/h2-3,7-8,11-12,15H,4-6,9-10H2,1H3. The van der Waals surface area contributed by atoms with Crippen LogP contribution in [-0.2, 0) is 0 Å². The number of benzene rings is 1. The molecule has 0 bridgehead atoms. The molecule has 1 fully saturated rings. The predicted molar refractivity (Wildman–Crippen MR) is 79.6 cm³/mol. The van der Waals surface area contributed by atoms with Crippen LogP contribution in [0.25, 0.3) is 0 Å². The molecule has 2 rings (SSSR count). The van der Waals surface area contributed by atoms with Gasteiger partial charge in [0.15, 0.2) is 0 Å². The van der Waals surface area contributed by atoms with Crippen LogP contribution in [-0.4, -0.2) is 22.5 Å². The molecule has 2 atom stereocenters. The Labute approximate surface area is 118 Å².